The summed E-state index contributed by atoms with van der Waals surface area (Å²) in [5.74, 6) is 0.855. The lowest BCUT2D eigenvalue weighted by atomic mass is 10.4. The van der Waals surface area contributed by atoms with Crippen molar-refractivity contribution in [3.05, 3.63) is 23.4 Å². The third-order valence-electron chi connectivity index (χ3n) is 2.33. The van der Waals surface area contributed by atoms with Crippen LogP contribution in [0.15, 0.2) is 27.9 Å². The van der Waals surface area contributed by atoms with Gasteiger partial charge in [-0.15, -0.1) is 11.3 Å². The number of nitrogens with two attached hydrogens (primary N) is 1. The largest absolute Gasteiger partial charge is 0.335 e. The summed E-state index contributed by atoms with van der Waals surface area (Å²) in [6.07, 6.45) is 3.51. The summed E-state index contributed by atoms with van der Waals surface area (Å²) in [6, 6.07) is 0. The lowest BCUT2D eigenvalue weighted by molar-refractivity contribution is 0.431. The molecule has 0 bridgehead atoms. The maximum absolute atomic E-state index is 5.47. The molecule has 92 valence electrons. The molecule has 3 aromatic rings. The van der Waals surface area contributed by atoms with E-state index in [2.05, 4.69) is 20.1 Å². The molecule has 0 fully saturated rings. The fourth-order valence-corrected chi connectivity index (χ4v) is 2.03. The van der Waals surface area contributed by atoms with Crippen LogP contribution in [-0.2, 0) is 6.54 Å². The van der Waals surface area contributed by atoms with Crippen LogP contribution < -0.4 is 5.73 Å². The van der Waals surface area contributed by atoms with Crippen LogP contribution in [-0.4, -0.2) is 31.2 Å². The van der Waals surface area contributed by atoms with E-state index in [1.54, 1.807) is 11.8 Å². The first kappa shape index (κ1) is 11.1. The van der Waals surface area contributed by atoms with E-state index in [1.807, 2.05) is 16.1 Å². The Morgan fingerprint density at radius 1 is 1.33 bits per heavy atom. The first-order valence-electron chi connectivity index (χ1n) is 5.31. The zero-order valence-corrected chi connectivity index (χ0v) is 10.2. The van der Waals surface area contributed by atoms with Gasteiger partial charge in [-0.1, -0.05) is 5.16 Å². The molecule has 0 aliphatic carbocycles. The van der Waals surface area contributed by atoms with E-state index in [1.165, 1.54) is 11.3 Å². The Bertz CT molecular complexity index is 628. The van der Waals surface area contributed by atoms with Crippen molar-refractivity contribution in [1.82, 2.24) is 24.7 Å². The average molecular weight is 262 g/mol. The molecule has 3 aromatic heterocycles. The Morgan fingerprint density at radius 3 is 3.06 bits per heavy atom. The number of nitrogens with zero attached hydrogens (tertiary/aromatic N) is 5. The van der Waals surface area contributed by atoms with E-state index in [0.29, 0.717) is 36.2 Å². The van der Waals surface area contributed by atoms with E-state index < -0.39 is 0 Å². The fraction of sp³-hybridized carbons (Fsp3) is 0.200. The quantitative estimate of drug-likeness (QED) is 0.754. The number of hydrogen-bond acceptors (Lipinski definition) is 7. The summed E-state index contributed by atoms with van der Waals surface area (Å²) in [6.45, 7) is 1.27. The Morgan fingerprint density at radius 2 is 2.28 bits per heavy atom. The monoisotopic (exact) mass is 262 g/mol. The van der Waals surface area contributed by atoms with Crippen molar-refractivity contribution < 1.29 is 4.52 Å². The predicted molar refractivity (Wildman–Crippen MR) is 65.7 cm³/mol. The molecule has 18 heavy (non-hydrogen) atoms. The first-order chi connectivity index (χ1) is 8.86. The average Bonchev–Trinajstić information content (AvgIpc) is 3.10. The Balaban J connectivity index is 1.88. The van der Waals surface area contributed by atoms with Crippen LogP contribution in [0, 0.1) is 0 Å². The summed E-state index contributed by atoms with van der Waals surface area (Å²) in [7, 11) is 0. The zero-order valence-electron chi connectivity index (χ0n) is 9.35. The Kier molecular flexibility index (Phi) is 2.87. The summed E-state index contributed by atoms with van der Waals surface area (Å²) in [5.41, 5.74) is 8.53. The second-order valence-electron chi connectivity index (χ2n) is 3.58. The molecule has 0 aliphatic rings. The van der Waals surface area contributed by atoms with Gasteiger partial charge in [-0.05, 0) is 0 Å². The zero-order chi connectivity index (χ0) is 12.4. The lowest BCUT2D eigenvalue weighted by Gasteiger charge is -1.94. The van der Waals surface area contributed by atoms with Crippen molar-refractivity contribution in [2.24, 2.45) is 5.73 Å². The van der Waals surface area contributed by atoms with Gasteiger partial charge in [0.15, 0.2) is 0 Å². The van der Waals surface area contributed by atoms with E-state index in [9.17, 15) is 0 Å². The highest BCUT2D eigenvalue weighted by molar-refractivity contribution is 7.07. The minimum absolute atomic E-state index is 0.383. The van der Waals surface area contributed by atoms with Gasteiger partial charge in [-0.3, -0.25) is 0 Å². The van der Waals surface area contributed by atoms with Gasteiger partial charge in [-0.2, -0.15) is 4.98 Å². The molecule has 0 atom stereocenters. The van der Waals surface area contributed by atoms with Gasteiger partial charge in [0.2, 0.25) is 5.82 Å². The molecule has 0 saturated carbocycles. The van der Waals surface area contributed by atoms with Gasteiger partial charge in [0.05, 0.1) is 11.8 Å². The molecule has 0 aromatic carbocycles. The van der Waals surface area contributed by atoms with Crippen LogP contribution in [0.4, 0.5) is 0 Å². The van der Waals surface area contributed by atoms with Gasteiger partial charge < -0.3 is 14.8 Å². The number of aromatic nitrogens is 5. The Hall–Kier alpha value is -2.06. The van der Waals surface area contributed by atoms with E-state index in [0.717, 1.165) is 0 Å². The lowest BCUT2D eigenvalue weighted by Crippen LogP contribution is -2.07. The van der Waals surface area contributed by atoms with E-state index in [4.69, 9.17) is 10.3 Å². The van der Waals surface area contributed by atoms with Crippen LogP contribution in [0.25, 0.3) is 23.1 Å². The summed E-state index contributed by atoms with van der Waals surface area (Å²) in [4.78, 5) is 12.6. The molecule has 0 saturated heterocycles. The van der Waals surface area contributed by atoms with Gasteiger partial charge in [0.1, 0.15) is 11.4 Å². The summed E-state index contributed by atoms with van der Waals surface area (Å²) < 4.78 is 7.04. The molecule has 2 N–H and O–H groups in total. The van der Waals surface area contributed by atoms with Crippen LogP contribution in [0.1, 0.15) is 0 Å². The SMILES string of the molecule is NCCn1cnc(-c2nc(-c3cscn3)no2)c1. The maximum atomic E-state index is 5.47. The highest BCUT2D eigenvalue weighted by Crippen LogP contribution is 2.20. The molecular weight excluding hydrogens is 252 g/mol. The number of hydrogen-bond donors (Lipinski definition) is 1. The minimum atomic E-state index is 0.383. The van der Waals surface area contributed by atoms with Crippen molar-refractivity contribution in [2.45, 2.75) is 6.54 Å². The predicted octanol–water partition coefficient (Wildman–Crippen LogP) is 1.02. The number of thiazole rings is 1. The topological polar surface area (TPSA) is 95.7 Å². The molecule has 3 heterocycles. The number of imidazole rings is 1. The van der Waals surface area contributed by atoms with Gasteiger partial charge in [-0.25, -0.2) is 9.97 Å². The van der Waals surface area contributed by atoms with Crippen LogP contribution >= 0.6 is 11.3 Å². The molecule has 0 radical (unpaired) electrons. The van der Waals surface area contributed by atoms with Crippen molar-refractivity contribution in [1.29, 1.82) is 0 Å². The fourth-order valence-electron chi connectivity index (χ4n) is 1.50. The van der Waals surface area contributed by atoms with Crippen LogP contribution in [0.5, 0.6) is 0 Å². The molecular formula is C10H10N6OS. The van der Waals surface area contributed by atoms with Gasteiger partial charge in [0, 0.05) is 24.7 Å². The van der Waals surface area contributed by atoms with Gasteiger partial charge in [0.25, 0.3) is 5.89 Å². The highest BCUT2D eigenvalue weighted by Gasteiger charge is 2.13. The number of rotatable bonds is 4. The molecule has 0 unspecified atom stereocenters. The minimum Gasteiger partial charge on any atom is -0.335 e. The smallest absolute Gasteiger partial charge is 0.278 e. The van der Waals surface area contributed by atoms with Crippen molar-refractivity contribution in [3.63, 3.8) is 0 Å². The molecule has 8 heteroatoms. The van der Waals surface area contributed by atoms with Gasteiger partial charge >= 0.3 is 0 Å². The maximum Gasteiger partial charge on any atom is 0.278 e. The third-order valence-corrected chi connectivity index (χ3v) is 2.91. The summed E-state index contributed by atoms with van der Waals surface area (Å²) >= 11 is 1.48. The second-order valence-corrected chi connectivity index (χ2v) is 4.30. The molecule has 0 spiro atoms. The summed E-state index contributed by atoms with van der Waals surface area (Å²) in [5, 5.41) is 5.74. The molecule has 3 rings (SSSR count). The Labute approximate surface area is 106 Å². The first-order valence-corrected chi connectivity index (χ1v) is 6.25. The highest BCUT2D eigenvalue weighted by atomic mass is 32.1. The van der Waals surface area contributed by atoms with Crippen molar-refractivity contribution in [2.75, 3.05) is 6.54 Å². The van der Waals surface area contributed by atoms with E-state index >= 15 is 0 Å². The van der Waals surface area contributed by atoms with E-state index in [-0.39, 0.29) is 0 Å². The van der Waals surface area contributed by atoms with Crippen LogP contribution in [0.3, 0.4) is 0 Å². The molecule has 7 nitrogen and oxygen atoms in total. The molecule has 0 amide bonds. The second kappa shape index (κ2) is 4.67. The van der Waals surface area contributed by atoms with Crippen molar-refractivity contribution >= 4 is 11.3 Å². The van der Waals surface area contributed by atoms with Crippen molar-refractivity contribution in [3.8, 4) is 23.1 Å². The van der Waals surface area contributed by atoms with Crippen LogP contribution in [0.2, 0.25) is 0 Å². The standard InChI is InChI=1S/C10H10N6OS/c11-1-2-16-3-7(12-5-16)10-14-9(15-17-10)8-4-18-6-13-8/h3-6H,1-2,11H2. The molecule has 0 aliphatic heterocycles. The normalized spacial score (nSPS) is 10.9. The third kappa shape index (κ3) is 2.03.